The Morgan fingerprint density at radius 2 is 1.95 bits per heavy atom. The summed E-state index contributed by atoms with van der Waals surface area (Å²) in [4.78, 5) is -0.396. The Morgan fingerprint density at radius 3 is 2.57 bits per heavy atom. The third-order valence-electron chi connectivity index (χ3n) is 3.44. The van der Waals surface area contributed by atoms with E-state index in [2.05, 4.69) is 11.6 Å². The van der Waals surface area contributed by atoms with Gasteiger partial charge < -0.3 is 5.73 Å². The SMILES string of the molecule is CCCCCC(C)(C)CNS(=O)(=O)c1cc(N)ccc1F. The molecule has 6 heteroatoms. The zero-order valence-electron chi connectivity index (χ0n) is 12.9. The van der Waals surface area contributed by atoms with Crippen LogP contribution in [-0.4, -0.2) is 15.0 Å². The van der Waals surface area contributed by atoms with Crippen LogP contribution in [0.3, 0.4) is 0 Å². The van der Waals surface area contributed by atoms with Gasteiger partial charge in [0.15, 0.2) is 0 Å². The largest absolute Gasteiger partial charge is 0.399 e. The van der Waals surface area contributed by atoms with Gasteiger partial charge in [0.05, 0.1) is 0 Å². The third-order valence-corrected chi connectivity index (χ3v) is 4.86. The van der Waals surface area contributed by atoms with Gasteiger partial charge in [-0.15, -0.1) is 0 Å². The highest BCUT2D eigenvalue weighted by atomic mass is 32.2. The standard InChI is InChI=1S/C15H25FN2O2S/c1-4-5-6-9-15(2,3)11-18-21(19,20)14-10-12(17)7-8-13(14)16/h7-8,10,18H,4-6,9,11,17H2,1-3H3. The Hall–Kier alpha value is -1.14. The van der Waals surface area contributed by atoms with Gasteiger partial charge >= 0.3 is 0 Å². The minimum atomic E-state index is -3.88. The lowest BCUT2D eigenvalue weighted by atomic mass is 9.87. The smallest absolute Gasteiger partial charge is 0.243 e. The number of sulfonamides is 1. The number of hydrogen-bond acceptors (Lipinski definition) is 3. The molecule has 0 heterocycles. The fourth-order valence-electron chi connectivity index (χ4n) is 2.04. The molecule has 1 aromatic rings. The molecule has 1 rings (SSSR count). The van der Waals surface area contributed by atoms with Crippen molar-refractivity contribution >= 4 is 15.7 Å². The van der Waals surface area contributed by atoms with Crippen LogP contribution in [0.4, 0.5) is 10.1 Å². The first-order valence-electron chi connectivity index (χ1n) is 7.23. The van der Waals surface area contributed by atoms with E-state index in [0.717, 1.165) is 37.8 Å². The van der Waals surface area contributed by atoms with Crippen LogP contribution in [0.1, 0.15) is 46.5 Å². The molecule has 3 N–H and O–H groups in total. The van der Waals surface area contributed by atoms with Crippen molar-refractivity contribution < 1.29 is 12.8 Å². The van der Waals surface area contributed by atoms with Gasteiger partial charge in [-0.1, -0.05) is 40.0 Å². The molecule has 0 bridgehead atoms. The van der Waals surface area contributed by atoms with Gasteiger partial charge in [-0.2, -0.15) is 0 Å². The first-order valence-corrected chi connectivity index (χ1v) is 8.71. The molecule has 0 aliphatic carbocycles. The number of rotatable bonds is 8. The van der Waals surface area contributed by atoms with Crippen molar-refractivity contribution in [2.24, 2.45) is 5.41 Å². The van der Waals surface area contributed by atoms with E-state index < -0.39 is 20.7 Å². The average Bonchev–Trinajstić information content (AvgIpc) is 2.40. The van der Waals surface area contributed by atoms with Crippen LogP contribution in [-0.2, 0) is 10.0 Å². The molecule has 0 unspecified atom stereocenters. The quantitative estimate of drug-likeness (QED) is 0.571. The summed E-state index contributed by atoms with van der Waals surface area (Å²) in [5.41, 5.74) is 5.58. The Kier molecular flexibility index (Phi) is 6.16. The van der Waals surface area contributed by atoms with E-state index in [-0.39, 0.29) is 17.6 Å². The van der Waals surface area contributed by atoms with Crippen LogP contribution in [0.25, 0.3) is 0 Å². The van der Waals surface area contributed by atoms with Crippen molar-refractivity contribution in [1.82, 2.24) is 4.72 Å². The molecule has 0 radical (unpaired) electrons. The van der Waals surface area contributed by atoms with Crippen LogP contribution in [0.5, 0.6) is 0 Å². The molecule has 0 saturated heterocycles. The lowest BCUT2D eigenvalue weighted by molar-refractivity contribution is 0.320. The number of nitrogens with two attached hydrogens (primary N) is 1. The van der Waals surface area contributed by atoms with E-state index in [1.807, 2.05) is 13.8 Å². The molecule has 0 saturated carbocycles. The van der Waals surface area contributed by atoms with Crippen molar-refractivity contribution in [2.75, 3.05) is 12.3 Å². The lowest BCUT2D eigenvalue weighted by Gasteiger charge is -2.25. The molecule has 0 atom stereocenters. The predicted octanol–water partition coefficient (Wildman–Crippen LogP) is 3.29. The van der Waals surface area contributed by atoms with Crippen molar-refractivity contribution in [2.45, 2.75) is 51.3 Å². The monoisotopic (exact) mass is 316 g/mol. The van der Waals surface area contributed by atoms with Crippen molar-refractivity contribution in [3.8, 4) is 0 Å². The van der Waals surface area contributed by atoms with Crippen LogP contribution in [0.2, 0.25) is 0 Å². The van der Waals surface area contributed by atoms with Gasteiger partial charge in [-0.05, 0) is 30.0 Å². The van der Waals surface area contributed by atoms with E-state index in [1.165, 1.54) is 6.07 Å². The van der Waals surface area contributed by atoms with E-state index in [9.17, 15) is 12.8 Å². The minimum Gasteiger partial charge on any atom is -0.399 e. The molecule has 1 aromatic carbocycles. The molecule has 0 amide bonds. The summed E-state index contributed by atoms with van der Waals surface area (Å²) in [6.45, 7) is 6.40. The highest BCUT2D eigenvalue weighted by Gasteiger charge is 2.24. The van der Waals surface area contributed by atoms with E-state index in [1.54, 1.807) is 0 Å². The van der Waals surface area contributed by atoms with Crippen molar-refractivity contribution in [3.05, 3.63) is 24.0 Å². The van der Waals surface area contributed by atoms with Crippen LogP contribution in [0, 0.1) is 11.2 Å². The maximum atomic E-state index is 13.7. The molecule has 0 spiro atoms. The average molecular weight is 316 g/mol. The predicted molar refractivity (Wildman–Crippen MR) is 83.9 cm³/mol. The minimum absolute atomic E-state index is 0.168. The Labute approximate surface area is 127 Å². The molecular formula is C15H25FN2O2S. The molecular weight excluding hydrogens is 291 g/mol. The number of unbranched alkanes of at least 4 members (excludes halogenated alkanes) is 2. The van der Waals surface area contributed by atoms with E-state index in [4.69, 9.17) is 5.73 Å². The van der Waals surface area contributed by atoms with Crippen molar-refractivity contribution in [1.29, 1.82) is 0 Å². The zero-order chi connectivity index (χ0) is 16.1. The van der Waals surface area contributed by atoms with Gasteiger partial charge in [0.2, 0.25) is 10.0 Å². The summed E-state index contributed by atoms with van der Waals surface area (Å²) in [7, 11) is -3.88. The van der Waals surface area contributed by atoms with Crippen LogP contribution >= 0.6 is 0 Å². The number of benzene rings is 1. The van der Waals surface area contributed by atoms with Crippen molar-refractivity contribution in [3.63, 3.8) is 0 Å². The van der Waals surface area contributed by atoms with Gasteiger partial charge in [0, 0.05) is 12.2 Å². The fourth-order valence-corrected chi connectivity index (χ4v) is 3.39. The maximum Gasteiger partial charge on any atom is 0.243 e. The van der Waals surface area contributed by atoms with E-state index >= 15 is 0 Å². The highest BCUT2D eigenvalue weighted by molar-refractivity contribution is 7.89. The van der Waals surface area contributed by atoms with Gasteiger partial charge in [0.1, 0.15) is 10.7 Å². The first-order chi connectivity index (χ1) is 9.68. The van der Waals surface area contributed by atoms with Gasteiger partial charge in [-0.25, -0.2) is 17.5 Å². The number of hydrogen-bond donors (Lipinski definition) is 2. The topological polar surface area (TPSA) is 72.2 Å². The molecule has 0 aliphatic rings. The second kappa shape index (κ2) is 7.22. The number of nitrogens with one attached hydrogen (secondary N) is 1. The maximum absolute atomic E-state index is 13.7. The summed E-state index contributed by atoms with van der Waals surface area (Å²) in [6, 6.07) is 3.54. The Bertz CT molecular complexity index is 571. The normalized spacial score (nSPS) is 12.6. The van der Waals surface area contributed by atoms with Gasteiger partial charge in [-0.3, -0.25) is 0 Å². The fraction of sp³-hybridized carbons (Fsp3) is 0.600. The Morgan fingerprint density at radius 1 is 1.29 bits per heavy atom. The van der Waals surface area contributed by atoms with Crippen LogP contribution in [0.15, 0.2) is 23.1 Å². The molecule has 0 aromatic heterocycles. The molecule has 0 aliphatic heterocycles. The summed E-state index contributed by atoms with van der Waals surface area (Å²) < 4.78 is 40.5. The molecule has 4 nitrogen and oxygen atoms in total. The summed E-state index contributed by atoms with van der Waals surface area (Å²) in [5, 5.41) is 0. The summed E-state index contributed by atoms with van der Waals surface area (Å²) >= 11 is 0. The Balaban J connectivity index is 2.75. The second-order valence-corrected chi connectivity index (χ2v) is 7.87. The lowest BCUT2D eigenvalue weighted by Crippen LogP contribution is -2.34. The number of anilines is 1. The molecule has 120 valence electrons. The summed E-state index contributed by atoms with van der Waals surface area (Å²) in [5.74, 6) is -0.791. The van der Waals surface area contributed by atoms with Gasteiger partial charge in [0.25, 0.3) is 0 Å². The first kappa shape index (κ1) is 17.9. The van der Waals surface area contributed by atoms with Crippen LogP contribution < -0.4 is 10.5 Å². The van der Waals surface area contributed by atoms with E-state index in [0.29, 0.717) is 0 Å². The summed E-state index contributed by atoms with van der Waals surface area (Å²) in [6.07, 6.45) is 4.22. The highest BCUT2D eigenvalue weighted by Crippen LogP contribution is 2.24. The molecule has 21 heavy (non-hydrogen) atoms. The number of halogens is 1. The second-order valence-electron chi connectivity index (χ2n) is 6.14. The number of nitrogen functional groups attached to an aromatic ring is 1. The molecule has 0 fully saturated rings. The third kappa shape index (κ3) is 5.63. The zero-order valence-corrected chi connectivity index (χ0v) is 13.8.